The Balaban J connectivity index is 1.45. The number of rotatable bonds is 8. The van der Waals surface area contributed by atoms with Gasteiger partial charge in [0.05, 0.1) is 4.90 Å². The smallest absolute Gasteiger partial charge is 0.303 e. The molecule has 1 aromatic rings. The lowest BCUT2D eigenvalue weighted by molar-refractivity contribution is -0.140. The van der Waals surface area contributed by atoms with Gasteiger partial charge in [-0.1, -0.05) is 12.1 Å². The Labute approximate surface area is 197 Å². The number of carbonyl (C=O) groups is 2. The summed E-state index contributed by atoms with van der Waals surface area (Å²) in [6.45, 7) is 3.17. The first-order valence-corrected chi connectivity index (χ1v) is 13.5. The van der Waals surface area contributed by atoms with Crippen LogP contribution in [-0.2, 0) is 19.6 Å². The van der Waals surface area contributed by atoms with Gasteiger partial charge in [0.1, 0.15) is 5.54 Å². The van der Waals surface area contributed by atoms with E-state index in [0.29, 0.717) is 28.6 Å². The van der Waals surface area contributed by atoms with Crippen molar-refractivity contribution in [3.8, 4) is 0 Å². The summed E-state index contributed by atoms with van der Waals surface area (Å²) < 4.78 is 28.8. The van der Waals surface area contributed by atoms with Gasteiger partial charge in [-0.25, -0.2) is 8.42 Å². The number of sulfonamides is 1. The van der Waals surface area contributed by atoms with Gasteiger partial charge in [0.2, 0.25) is 15.9 Å². The normalized spacial score (nSPS) is 31.5. The molecule has 0 saturated heterocycles. The lowest BCUT2D eigenvalue weighted by atomic mass is 9.47. The Kier molecular flexibility index (Phi) is 6.22. The number of benzene rings is 1. The monoisotopic (exact) mass is 526 g/mol. The van der Waals surface area contributed by atoms with Crippen LogP contribution in [0.15, 0.2) is 33.6 Å². The van der Waals surface area contributed by atoms with Crippen LogP contribution in [-0.4, -0.2) is 37.0 Å². The van der Waals surface area contributed by atoms with Crippen molar-refractivity contribution in [3.05, 3.63) is 28.7 Å². The Hall–Kier alpha value is -1.45. The van der Waals surface area contributed by atoms with Crippen LogP contribution in [0.3, 0.4) is 0 Å². The number of halogens is 1. The highest BCUT2D eigenvalue weighted by atomic mass is 79.9. The molecule has 0 spiro atoms. The first kappa shape index (κ1) is 23.7. The molecule has 1 amide bonds. The summed E-state index contributed by atoms with van der Waals surface area (Å²) in [6, 6.07) is 6.53. The molecule has 0 radical (unpaired) electrons. The second-order valence-electron chi connectivity index (χ2n) is 10.5. The summed E-state index contributed by atoms with van der Waals surface area (Å²) in [7, 11) is -3.89. The van der Waals surface area contributed by atoms with E-state index >= 15 is 0 Å². The number of nitrogens with one attached hydrogen (secondary N) is 2. The van der Waals surface area contributed by atoms with Crippen LogP contribution in [0, 0.1) is 23.2 Å². The van der Waals surface area contributed by atoms with E-state index in [2.05, 4.69) is 26.0 Å². The first-order chi connectivity index (χ1) is 14.9. The Morgan fingerprint density at radius 1 is 1.16 bits per heavy atom. The average Bonchev–Trinajstić information content (AvgIpc) is 2.68. The molecule has 3 N–H and O–H groups in total. The number of carboxylic acid groups (broad SMARTS) is 1. The third kappa shape index (κ3) is 4.61. The fourth-order valence-corrected chi connectivity index (χ4v) is 8.92. The molecule has 4 aliphatic rings. The van der Waals surface area contributed by atoms with Crippen LogP contribution < -0.4 is 10.0 Å². The molecule has 32 heavy (non-hydrogen) atoms. The van der Waals surface area contributed by atoms with Gasteiger partial charge < -0.3 is 10.4 Å². The molecular weight excluding hydrogens is 496 g/mol. The number of hydrogen-bond donors (Lipinski definition) is 3. The van der Waals surface area contributed by atoms with Crippen molar-refractivity contribution in [1.29, 1.82) is 0 Å². The first-order valence-electron chi connectivity index (χ1n) is 11.2. The molecule has 4 aliphatic carbocycles. The topological polar surface area (TPSA) is 113 Å². The molecule has 0 aromatic heterocycles. The standard InChI is InChI=1S/C23H31BrN2O5S/c1-22(2,26-32(30,31)18-6-4-3-5-17(18)24)21(29)25-20-15-9-14-10-16(20)13-23(11-14,12-15)8-7-19(27)28/h3-6,14-16,20,26H,7-13H2,1-2H3,(H,25,29)(H,27,28). The van der Waals surface area contributed by atoms with Crippen LogP contribution >= 0.6 is 15.9 Å². The number of hydrogen-bond acceptors (Lipinski definition) is 4. The Bertz CT molecular complexity index is 1010. The van der Waals surface area contributed by atoms with Crippen LogP contribution in [0.4, 0.5) is 0 Å². The quantitative estimate of drug-likeness (QED) is 0.478. The lowest BCUT2D eigenvalue weighted by Gasteiger charge is -2.60. The lowest BCUT2D eigenvalue weighted by Crippen LogP contribution is -2.63. The average molecular weight is 527 g/mol. The van der Waals surface area contributed by atoms with Crippen LogP contribution in [0.5, 0.6) is 0 Å². The zero-order chi connectivity index (χ0) is 23.3. The highest BCUT2D eigenvalue weighted by Gasteiger charge is 2.55. The summed E-state index contributed by atoms with van der Waals surface area (Å²) in [5.74, 6) is 0.190. The third-order valence-electron chi connectivity index (χ3n) is 7.65. The maximum Gasteiger partial charge on any atom is 0.303 e. The van der Waals surface area contributed by atoms with Gasteiger partial charge in [0, 0.05) is 16.9 Å². The van der Waals surface area contributed by atoms with Crippen molar-refractivity contribution < 1.29 is 23.1 Å². The summed E-state index contributed by atoms with van der Waals surface area (Å²) in [6.07, 6.45) is 6.02. The zero-order valence-corrected chi connectivity index (χ0v) is 20.8. The summed E-state index contributed by atoms with van der Waals surface area (Å²) in [4.78, 5) is 24.4. The van der Waals surface area contributed by atoms with E-state index in [1.807, 2.05) is 0 Å². The summed E-state index contributed by atoms with van der Waals surface area (Å²) >= 11 is 3.27. The second kappa shape index (κ2) is 8.40. The minimum Gasteiger partial charge on any atom is -0.481 e. The Morgan fingerprint density at radius 2 is 1.78 bits per heavy atom. The molecule has 1 aromatic carbocycles. The van der Waals surface area contributed by atoms with E-state index in [1.165, 1.54) is 6.07 Å². The van der Waals surface area contributed by atoms with E-state index in [9.17, 15) is 18.0 Å². The van der Waals surface area contributed by atoms with Gasteiger partial charge in [0.25, 0.3) is 0 Å². The van der Waals surface area contributed by atoms with Gasteiger partial charge >= 0.3 is 5.97 Å². The van der Waals surface area contributed by atoms with E-state index < -0.39 is 21.5 Å². The van der Waals surface area contributed by atoms with Gasteiger partial charge in [-0.2, -0.15) is 4.72 Å². The van der Waals surface area contributed by atoms with Crippen molar-refractivity contribution in [2.75, 3.05) is 0 Å². The van der Waals surface area contributed by atoms with E-state index in [4.69, 9.17) is 5.11 Å². The van der Waals surface area contributed by atoms with Crippen molar-refractivity contribution in [2.45, 2.75) is 75.3 Å². The van der Waals surface area contributed by atoms with Gasteiger partial charge in [-0.15, -0.1) is 0 Å². The van der Waals surface area contributed by atoms with Crippen molar-refractivity contribution >= 4 is 37.8 Å². The predicted octanol–water partition coefficient (Wildman–Crippen LogP) is 3.68. The Morgan fingerprint density at radius 3 is 2.38 bits per heavy atom. The summed E-state index contributed by atoms with van der Waals surface area (Å²) in [5.41, 5.74) is -1.23. The molecular formula is C23H31BrN2O5S. The molecule has 7 nitrogen and oxygen atoms in total. The molecule has 4 bridgehead atoms. The van der Waals surface area contributed by atoms with Crippen molar-refractivity contribution in [3.63, 3.8) is 0 Å². The highest BCUT2D eigenvalue weighted by molar-refractivity contribution is 9.10. The predicted molar refractivity (Wildman–Crippen MR) is 123 cm³/mol. The molecule has 9 heteroatoms. The largest absolute Gasteiger partial charge is 0.481 e. The van der Waals surface area contributed by atoms with Gasteiger partial charge in [-0.3, -0.25) is 9.59 Å². The minimum absolute atomic E-state index is 0.0178. The number of amides is 1. The number of aliphatic carboxylic acids is 1. The van der Waals surface area contributed by atoms with Crippen molar-refractivity contribution in [2.24, 2.45) is 23.2 Å². The molecule has 2 unspecified atom stereocenters. The molecule has 2 atom stereocenters. The fraction of sp³-hybridized carbons (Fsp3) is 0.652. The third-order valence-corrected chi connectivity index (χ3v) is 10.3. The second-order valence-corrected chi connectivity index (χ2v) is 13.0. The van der Waals surface area contributed by atoms with Crippen LogP contribution in [0.2, 0.25) is 0 Å². The van der Waals surface area contributed by atoms with E-state index in [-0.39, 0.29) is 28.7 Å². The molecule has 176 valence electrons. The number of carbonyl (C=O) groups excluding carboxylic acids is 1. The summed E-state index contributed by atoms with van der Waals surface area (Å²) in [5, 5.41) is 12.3. The van der Waals surface area contributed by atoms with Crippen LogP contribution in [0.1, 0.15) is 58.8 Å². The molecule has 4 saturated carbocycles. The zero-order valence-electron chi connectivity index (χ0n) is 18.4. The molecule has 0 heterocycles. The van der Waals surface area contributed by atoms with Crippen LogP contribution in [0.25, 0.3) is 0 Å². The maximum atomic E-state index is 13.2. The van der Waals surface area contributed by atoms with E-state index in [0.717, 1.165) is 32.1 Å². The highest BCUT2D eigenvalue weighted by Crippen LogP contribution is 2.61. The fourth-order valence-electron chi connectivity index (χ4n) is 6.54. The maximum absolute atomic E-state index is 13.2. The van der Waals surface area contributed by atoms with E-state index in [1.54, 1.807) is 32.0 Å². The van der Waals surface area contributed by atoms with Gasteiger partial charge in [0.15, 0.2) is 0 Å². The van der Waals surface area contributed by atoms with Gasteiger partial charge in [-0.05, 0) is 104 Å². The number of carboxylic acids is 1. The molecule has 0 aliphatic heterocycles. The molecule has 5 rings (SSSR count). The van der Waals surface area contributed by atoms with Crippen molar-refractivity contribution in [1.82, 2.24) is 10.0 Å². The minimum atomic E-state index is -3.89. The SMILES string of the molecule is CC(C)(NS(=O)(=O)c1ccccc1Br)C(=O)NC1C2CC3CC1CC(CCC(=O)O)(C3)C2. The molecule has 4 fully saturated rings.